The van der Waals surface area contributed by atoms with Crippen LogP contribution in [0.3, 0.4) is 0 Å². The van der Waals surface area contributed by atoms with E-state index in [0.717, 1.165) is 5.56 Å². The summed E-state index contributed by atoms with van der Waals surface area (Å²) in [6, 6.07) is 9.66. The fourth-order valence-corrected chi connectivity index (χ4v) is 1.74. The Morgan fingerprint density at radius 2 is 1.94 bits per heavy atom. The lowest BCUT2D eigenvalue weighted by Gasteiger charge is -2.08. The van der Waals surface area contributed by atoms with Crippen molar-refractivity contribution in [3.8, 4) is 0 Å². The minimum atomic E-state index is -0.314. The van der Waals surface area contributed by atoms with Crippen molar-refractivity contribution in [1.29, 1.82) is 0 Å². The highest BCUT2D eigenvalue weighted by Crippen LogP contribution is 2.12. The van der Waals surface area contributed by atoms with Gasteiger partial charge in [-0.3, -0.25) is 0 Å². The van der Waals surface area contributed by atoms with Crippen LogP contribution in [0.15, 0.2) is 56.4 Å². The summed E-state index contributed by atoms with van der Waals surface area (Å²) in [7, 11) is 0. The number of hydrogen-bond acceptors (Lipinski definition) is 5. The predicted molar refractivity (Wildman–Crippen MR) is 74.2 cm³/mol. The van der Waals surface area contributed by atoms with Gasteiger partial charge in [0.2, 0.25) is 0 Å². The molecule has 0 aliphatic carbocycles. The van der Waals surface area contributed by atoms with Gasteiger partial charge in [-0.25, -0.2) is 20.0 Å². The molecule has 1 aromatic rings. The van der Waals surface area contributed by atoms with Crippen LogP contribution in [0.2, 0.25) is 0 Å². The molecule has 0 radical (unpaired) electrons. The standard InChI is InChI=1S/C13H11N5/c14-12-11-13(16-8-15-12)18-10(17-11)7-6-9-4-2-1-3-5-9/h1-8,11H,(H2,14,15,16,17,18)/b7-6+. The first-order valence-corrected chi connectivity index (χ1v) is 5.58. The summed E-state index contributed by atoms with van der Waals surface area (Å²) in [5, 5.41) is 0. The molecule has 1 atom stereocenters. The molecule has 0 amide bonds. The number of fused-ring (bicyclic) bond motifs is 1. The minimum Gasteiger partial charge on any atom is -0.385 e. The maximum absolute atomic E-state index is 5.74. The number of benzene rings is 1. The summed E-state index contributed by atoms with van der Waals surface area (Å²) < 4.78 is 0. The third kappa shape index (κ3) is 1.98. The van der Waals surface area contributed by atoms with Crippen LogP contribution in [0.5, 0.6) is 0 Å². The third-order valence-electron chi connectivity index (χ3n) is 2.64. The van der Waals surface area contributed by atoms with E-state index in [9.17, 15) is 0 Å². The molecule has 2 aliphatic rings. The van der Waals surface area contributed by atoms with Gasteiger partial charge in [-0.1, -0.05) is 36.4 Å². The zero-order valence-electron chi connectivity index (χ0n) is 9.56. The van der Waals surface area contributed by atoms with Gasteiger partial charge in [0, 0.05) is 0 Å². The van der Waals surface area contributed by atoms with E-state index in [1.54, 1.807) is 0 Å². The Labute approximate surface area is 104 Å². The van der Waals surface area contributed by atoms with Crippen LogP contribution >= 0.6 is 0 Å². The van der Waals surface area contributed by atoms with E-state index >= 15 is 0 Å². The van der Waals surface area contributed by atoms with E-state index in [1.165, 1.54) is 6.34 Å². The van der Waals surface area contributed by atoms with Gasteiger partial charge in [0.05, 0.1) is 0 Å². The molecule has 2 heterocycles. The van der Waals surface area contributed by atoms with Crippen LogP contribution in [0.25, 0.3) is 6.08 Å². The Bertz CT molecular complexity index is 608. The number of aliphatic imine (C=N–C) groups is 4. The Kier molecular flexibility index (Phi) is 2.57. The fourth-order valence-electron chi connectivity index (χ4n) is 1.74. The summed E-state index contributed by atoms with van der Waals surface area (Å²) in [6.07, 6.45) is 5.21. The lowest BCUT2D eigenvalue weighted by atomic mass is 10.2. The smallest absolute Gasteiger partial charge is 0.169 e. The van der Waals surface area contributed by atoms with Crippen LogP contribution < -0.4 is 5.73 Å². The van der Waals surface area contributed by atoms with Gasteiger partial charge in [0.1, 0.15) is 12.2 Å². The zero-order chi connectivity index (χ0) is 12.4. The molecule has 0 aromatic heterocycles. The van der Waals surface area contributed by atoms with Crippen LogP contribution in [-0.2, 0) is 0 Å². The molecule has 18 heavy (non-hydrogen) atoms. The topological polar surface area (TPSA) is 75.5 Å². The first kappa shape index (κ1) is 10.6. The number of amidine groups is 3. The summed E-state index contributed by atoms with van der Waals surface area (Å²) in [6.45, 7) is 0. The quantitative estimate of drug-likeness (QED) is 0.826. The van der Waals surface area contributed by atoms with Crippen molar-refractivity contribution >= 4 is 29.9 Å². The van der Waals surface area contributed by atoms with Gasteiger partial charge in [-0.15, -0.1) is 0 Å². The molecule has 0 fully saturated rings. The second-order valence-electron chi connectivity index (χ2n) is 3.90. The van der Waals surface area contributed by atoms with E-state index in [2.05, 4.69) is 20.0 Å². The number of rotatable bonds is 2. The summed E-state index contributed by atoms with van der Waals surface area (Å²) >= 11 is 0. The normalized spacial score (nSPS) is 21.6. The highest BCUT2D eigenvalue weighted by atomic mass is 15.2. The molecule has 1 unspecified atom stereocenters. The van der Waals surface area contributed by atoms with Crippen molar-refractivity contribution in [2.45, 2.75) is 6.04 Å². The van der Waals surface area contributed by atoms with Crippen LogP contribution in [0.4, 0.5) is 0 Å². The average molecular weight is 237 g/mol. The Morgan fingerprint density at radius 3 is 2.72 bits per heavy atom. The molecule has 2 N–H and O–H groups in total. The van der Waals surface area contributed by atoms with Crippen LogP contribution in [0.1, 0.15) is 5.56 Å². The van der Waals surface area contributed by atoms with Gasteiger partial charge in [0.25, 0.3) is 0 Å². The molecular weight excluding hydrogens is 226 g/mol. The van der Waals surface area contributed by atoms with Crippen LogP contribution in [0, 0.1) is 0 Å². The Hall–Kier alpha value is -2.56. The number of nitrogens with two attached hydrogens (primary N) is 1. The number of nitrogens with zero attached hydrogens (tertiary/aromatic N) is 4. The van der Waals surface area contributed by atoms with E-state index in [1.807, 2.05) is 42.5 Å². The van der Waals surface area contributed by atoms with Crippen LogP contribution in [-0.4, -0.2) is 29.9 Å². The fraction of sp³-hybridized carbons (Fsp3) is 0.0769. The highest BCUT2D eigenvalue weighted by Gasteiger charge is 2.26. The lowest BCUT2D eigenvalue weighted by Crippen LogP contribution is -2.34. The molecule has 0 saturated carbocycles. The van der Waals surface area contributed by atoms with Crippen molar-refractivity contribution in [3.63, 3.8) is 0 Å². The first-order valence-electron chi connectivity index (χ1n) is 5.58. The minimum absolute atomic E-state index is 0.314. The molecule has 1 aromatic carbocycles. The van der Waals surface area contributed by atoms with Gasteiger partial charge in [0.15, 0.2) is 17.7 Å². The van der Waals surface area contributed by atoms with E-state index < -0.39 is 0 Å². The summed E-state index contributed by atoms with van der Waals surface area (Å²) in [5.74, 6) is 1.66. The van der Waals surface area contributed by atoms with Crippen molar-refractivity contribution in [3.05, 3.63) is 42.0 Å². The SMILES string of the molecule is NC1=NC=NC2=NC(/C=C/c3ccccc3)=NC12. The molecular formula is C13H11N5. The summed E-state index contributed by atoms with van der Waals surface area (Å²) in [4.78, 5) is 16.6. The molecule has 0 spiro atoms. The largest absolute Gasteiger partial charge is 0.385 e. The average Bonchev–Trinajstić information content (AvgIpc) is 2.82. The van der Waals surface area contributed by atoms with Gasteiger partial charge in [-0.2, -0.15) is 0 Å². The third-order valence-corrected chi connectivity index (χ3v) is 2.64. The molecule has 5 heteroatoms. The van der Waals surface area contributed by atoms with Gasteiger partial charge in [-0.05, 0) is 11.6 Å². The maximum Gasteiger partial charge on any atom is 0.169 e. The van der Waals surface area contributed by atoms with Crippen molar-refractivity contribution in [2.75, 3.05) is 0 Å². The molecule has 2 aliphatic heterocycles. The van der Waals surface area contributed by atoms with Crippen molar-refractivity contribution < 1.29 is 0 Å². The second-order valence-corrected chi connectivity index (χ2v) is 3.90. The van der Waals surface area contributed by atoms with E-state index in [0.29, 0.717) is 17.5 Å². The molecule has 88 valence electrons. The van der Waals surface area contributed by atoms with Crippen molar-refractivity contribution in [1.82, 2.24) is 0 Å². The molecule has 5 nitrogen and oxygen atoms in total. The van der Waals surface area contributed by atoms with E-state index in [4.69, 9.17) is 5.73 Å². The first-order chi connectivity index (χ1) is 8.83. The molecule has 0 saturated heterocycles. The number of hydrogen-bond donors (Lipinski definition) is 1. The van der Waals surface area contributed by atoms with E-state index in [-0.39, 0.29) is 6.04 Å². The van der Waals surface area contributed by atoms with Gasteiger partial charge < -0.3 is 5.73 Å². The Balaban J connectivity index is 1.82. The molecule has 0 bridgehead atoms. The maximum atomic E-state index is 5.74. The highest BCUT2D eigenvalue weighted by molar-refractivity contribution is 6.23. The monoisotopic (exact) mass is 237 g/mol. The zero-order valence-corrected chi connectivity index (χ0v) is 9.56. The molecule has 3 rings (SSSR count). The van der Waals surface area contributed by atoms with Crippen molar-refractivity contribution in [2.24, 2.45) is 25.7 Å². The summed E-state index contributed by atoms with van der Waals surface area (Å²) in [5.41, 5.74) is 6.83. The second kappa shape index (κ2) is 4.37. The van der Waals surface area contributed by atoms with Gasteiger partial charge >= 0.3 is 0 Å². The lowest BCUT2D eigenvalue weighted by molar-refractivity contribution is 1.12. The Morgan fingerprint density at radius 1 is 1.11 bits per heavy atom. The predicted octanol–water partition coefficient (Wildman–Crippen LogP) is 1.28.